The molecule has 0 aliphatic carbocycles. The van der Waals surface area contributed by atoms with Gasteiger partial charge in [0.1, 0.15) is 17.2 Å². The van der Waals surface area contributed by atoms with Crippen molar-refractivity contribution in [2.24, 2.45) is 0 Å². The van der Waals surface area contributed by atoms with Crippen molar-refractivity contribution in [1.82, 2.24) is 4.31 Å². The molecule has 1 fully saturated rings. The van der Waals surface area contributed by atoms with Crippen molar-refractivity contribution >= 4 is 44.8 Å². The smallest absolute Gasteiger partial charge is 0.262 e. The molecule has 168 valence electrons. The Kier molecular flexibility index (Phi) is 7.53. The topological polar surface area (TPSA) is 94.2 Å². The van der Waals surface area contributed by atoms with Crippen molar-refractivity contribution in [3.63, 3.8) is 0 Å². The number of anilines is 1. The number of hydrogen-bond acceptors (Lipinski definition) is 6. The largest absolute Gasteiger partial charge is 0.495 e. The molecule has 1 aliphatic rings. The van der Waals surface area contributed by atoms with E-state index in [1.54, 1.807) is 0 Å². The first-order valence-electron chi connectivity index (χ1n) is 9.40. The first kappa shape index (κ1) is 23.5. The number of carbonyl (C=O) groups excluding carboxylic acids is 1. The number of hydrogen-bond donors (Lipinski definition) is 1. The van der Waals surface area contributed by atoms with Crippen molar-refractivity contribution in [3.05, 3.63) is 40.4 Å². The van der Waals surface area contributed by atoms with Gasteiger partial charge in [0.25, 0.3) is 5.91 Å². The van der Waals surface area contributed by atoms with Gasteiger partial charge in [0.2, 0.25) is 10.0 Å². The van der Waals surface area contributed by atoms with Crippen LogP contribution in [0.4, 0.5) is 5.69 Å². The Hall–Kier alpha value is -2.20. The molecule has 2 aromatic carbocycles. The molecule has 0 unspecified atom stereocenters. The van der Waals surface area contributed by atoms with Crippen LogP contribution in [0.3, 0.4) is 0 Å². The van der Waals surface area contributed by atoms with E-state index in [9.17, 15) is 13.2 Å². The van der Waals surface area contributed by atoms with Gasteiger partial charge in [-0.3, -0.25) is 4.79 Å². The number of methoxy groups -OCH3 is 2. The standard InChI is InChI=1S/C20H22Cl2N2O6S/c1-28-18-11-16(19(29-2)10-15(18)22)23-20(25)12-30-17-6-5-13(9-14(17)21)31(26,27)24-7-3-4-8-24/h5-6,9-11H,3-4,7-8,12H2,1-2H3,(H,23,25). The van der Waals surface area contributed by atoms with Crippen LogP contribution in [0, 0.1) is 0 Å². The summed E-state index contributed by atoms with van der Waals surface area (Å²) in [5.74, 6) is 0.440. The van der Waals surface area contributed by atoms with E-state index in [-0.39, 0.29) is 22.3 Å². The summed E-state index contributed by atoms with van der Waals surface area (Å²) in [5.41, 5.74) is 0.357. The number of halogens is 2. The van der Waals surface area contributed by atoms with Crippen molar-refractivity contribution in [3.8, 4) is 17.2 Å². The quantitative estimate of drug-likeness (QED) is 0.606. The Morgan fingerprint density at radius 1 is 1.00 bits per heavy atom. The molecule has 0 atom stereocenters. The molecule has 0 bridgehead atoms. The van der Waals surface area contributed by atoms with Crippen LogP contribution in [0.15, 0.2) is 35.2 Å². The summed E-state index contributed by atoms with van der Waals surface area (Å²) >= 11 is 12.3. The van der Waals surface area contributed by atoms with Gasteiger partial charge in [-0.25, -0.2) is 8.42 Å². The van der Waals surface area contributed by atoms with Crippen molar-refractivity contribution in [2.75, 3.05) is 39.2 Å². The van der Waals surface area contributed by atoms with Gasteiger partial charge in [0, 0.05) is 25.2 Å². The molecule has 0 aromatic heterocycles. The van der Waals surface area contributed by atoms with Crippen LogP contribution in [0.1, 0.15) is 12.8 Å². The number of sulfonamides is 1. The average molecular weight is 489 g/mol. The maximum atomic E-state index is 12.6. The highest BCUT2D eigenvalue weighted by Gasteiger charge is 2.27. The van der Waals surface area contributed by atoms with Crippen LogP contribution in [0.25, 0.3) is 0 Å². The number of nitrogens with one attached hydrogen (secondary N) is 1. The third kappa shape index (κ3) is 5.35. The number of carbonyl (C=O) groups is 1. The fourth-order valence-electron chi connectivity index (χ4n) is 3.12. The molecule has 11 heteroatoms. The van der Waals surface area contributed by atoms with Gasteiger partial charge in [-0.1, -0.05) is 23.2 Å². The lowest BCUT2D eigenvalue weighted by Crippen LogP contribution is -2.27. The Labute approximate surface area is 191 Å². The van der Waals surface area contributed by atoms with Crippen molar-refractivity contribution in [2.45, 2.75) is 17.7 Å². The zero-order valence-corrected chi connectivity index (χ0v) is 19.3. The Morgan fingerprint density at radius 3 is 2.26 bits per heavy atom. The third-order valence-corrected chi connectivity index (χ3v) is 7.20. The fraction of sp³-hybridized carbons (Fsp3) is 0.350. The first-order chi connectivity index (χ1) is 14.8. The number of nitrogens with zero attached hydrogens (tertiary/aromatic N) is 1. The van der Waals surface area contributed by atoms with Gasteiger partial charge >= 0.3 is 0 Å². The lowest BCUT2D eigenvalue weighted by molar-refractivity contribution is -0.118. The number of amides is 1. The number of rotatable bonds is 8. The van der Waals surface area contributed by atoms with Crippen LogP contribution in [0.5, 0.6) is 17.2 Å². The summed E-state index contributed by atoms with van der Waals surface area (Å²) in [4.78, 5) is 12.4. The Balaban J connectivity index is 1.67. The first-order valence-corrected chi connectivity index (χ1v) is 11.6. The molecule has 0 spiro atoms. The number of ether oxygens (including phenoxy) is 3. The Bertz CT molecular complexity index is 1070. The van der Waals surface area contributed by atoms with E-state index in [1.165, 1.54) is 48.9 Å². The van der Waals surface area contributed by atoms with Crippen molar-refractivity contribution in [1.29, 1.82) is 0 Å². The van der Waals surface area contributed by atoms with E-state index in [4.69, 9.17) is 37.4 Å². The van der Waals surface area contributed by atoms with Gasteiger partial charge in [0.15, 0.2) is 6.61 Å². The van der Waals surface area contributed by atoms with E-state index in [2.05, 4.69) is 5.32 Å². The van der Waals surface area contributed by atoms with E-state index < -0.39 is 15.9 Å². The minimum Gasteiger partial charge on any atom is -0.495 e. The fourth-order valence-corrected chi connectivity index (χ4v) is 5.20. The highest BCUT2D eigenvalue weighted by atomic mass is 35.5. The normalized spacial score (nSPS) is 14.3. The molecule has 1 amide bonds. The summed E-state index contributed by atoms with van der Waals surface area (Å²) in [5, 5.41) is 3.09. The van der Waals surface area contributed by atoms with Crippen LogP contribution in [-0.2, 0) is 14.8 Å². The van der Waals surface area contributed by atoms with Crippen LogP contribution in [-0.4, -0.2) is 52.5 Å². The van der Waals surface area contributed by atoms with E-state index in [1.807, 2.05) is 0 Å². The lowest BCUT2D eigenvalue weighted by atomic mass is 10.2. The third-order valence-electron chi connectivity index (χ3n) is 4.71. The SMILES string of the molecule is COc1cc(NC(=O)COc2ccc(S(=O)(=O)N3CCCC3)cc2Cl)c(OC)cc1Cl. The summed E-state index contributed by atoms with van der Waals surface area (Å²) in [6.07, 6.45) is 1.68. The molecule has 1 aliphatic heterocycles. The summed E-state index contributed by atoms with van der Waals surface area (Å²) in [7, 11) is -0.688. The van der Waals surface area contributed by atoms with Crippen molar-refractivity contribution < 1.29 is 27.4 Å². The molecule has 1 heterocycles. The average Bonchev–Trinajstić information content (AvgIpc) is 3.29. The van der Waals surface area contributed by atoms with Gasteiger partial charge in [-0.05, 0) is 31.0 Å². The molecule has 31 heavy (non-hydrogen) atoms. The lowest BCUT2D eigenvalue weighted by Gasteiger charge is -2.16. The molecular weight excluding hydrogens is 467 g/mol. The zero-order chi connectivity index (χ0) is 22.6. The molecule has 2 aromatic rings. The zero-order valence-electron chi connectivity index (χ0n) is 17.0. The van der Waals surface area contributed by atoms with E-state index in [0.29, 0.717) is 35.3 Å². The van der Waals surface area contributed by atoms with E-state index in [0.717, 1.165) is 12.8 Å². The molecule has 0 radical (unpaired) electrons. The molecular formula is C20H22Cl2N2O6S. The van der Waals surface area contributed by atoms with E-state index >= 15 is 0 Å². The molecule has 3 rings (SSSR count). The molecule has 1 N–H and O–H groups in total. The monoisotopic (exact) mass is 488 g/mol. The maximum Gasteiger partial charge on any atom is 0.262 e. The van der Waals surface area contributed by atoms with Gasteiger partial charge in [0.05, 0.1) is 34.8 Å². The molecule has 0 saturated carbocycles. The Morgan fingerprint density at radius 2 is 1.65 bits per heavy atom. The summed E-state index contributed by atoms with van der Waals surface area (Å²) in [6.45, 7) is 0.640. The highest BCUT2D eigenvalue weighted by molar-refractivity contribution is 7.89. The highest BCUT2D eigenvalue weighted by Crippen LogP contribution is 2.36. The minimum atomic E-state index is -3.59. The number of benzene rings is 2. The second-order valence-corrected chi connectivity index (χ2v) is 9.48. The maximum absolute atomic E-state index is 12.6. The van der Waals surface area contributed by atoms with Crippen LogP contribution >= 0.6 is 23.2 Å². The minimum absolute atomic E-state index is 0.0918. The second-order valence-electron chi connectivity index (χ2n) is 6.73. The predicted octanol–water partition coefficient (Wildman–Crippen LogP) is 3.81. The van der Waals surface area contributed by atoms with Gasteiger partial charge in [-0.2, -0.15) is 4.31 Å². The van der Waals surface area contributed by atoms with Gasteiger partial charge < -0.3 is 19.5 Å². The molecule has 8 nitrogen and oxygen atoms in total. The summed E-state index contributed by atoms with van der Waals surface area (Å²) < 4.78 is 42.5. The summed E-state index contributed by atoms with van der Waals surface area (Å²) in [6, 6.07) is 7.23. The second kappa shape index (κ2) is 9.95. The van der Waals surface area contributed by atoms with Gasteiger partial charge in [-0.15, -0.1) is 0 Å². The van der Waals surface area contributed by atoms with Crippen LogP contribution in [0.2, 0.25) is 10.0 Å². The molecule has 1 saturated heterocycles. The predicted molar refractivity (Wildman–Crippen MR) is 118 cm³/mol. The van der Waals surface area contributed by atoms with Crippen LogP contribution < -0.4 is 19.5 Å².